The Labute approximate surface area is 210 Å². The Kier molecular flexibility index (Phi) is 6.80. The number of aromatic nitrogens is 4. The molecule has 2 aliphatic rings. The highest BCUT2D eigenvalue weighted by molar-refractivity contribution is 6.30. The number of halogens is 1. The summed E-state index contributed by atoms with van der Waals surface area (Å²) < 4.78 is 7.98. The van der Waals surface area contributed by atoms with Gasteiger partial charge in [-0.3, -0.25) is 0 Å². The number of fused-ring (bicyclic) bond motifs is 1. The molecular formula is C25H32ClN7O2. The number of imidazole rings is 1. The topological polar surface area (TPSA) is 115 Å². The summed E-state index contributed by atoms with van der Waals surface area (Å²) in [5, 5.41) is 13.1. The molecular weight excluding hydrogens is 466 g/mol. The minimum atomic E-state index is -0.160. The Morgan fingerprint density at radius 1 is 1.20 bits per heavy atom. The number of nitrogens with zero attached hydrogens (tertiary/aromatic N) is 6. The van der Waals surface area contributed by atoms with E-state index in [4.69, 9.17) is 32.0 Å². The van der Waals surface area contributed by atoms with Gasteiger partial charge in [0, 0.05) is 23.7 Å². The molecule has 9 nitrogen and oxygen atoms in total. The van der Waals surface area contributed by atoms with Crippen molar-refractivity contribution in [3.63, 3.8) is 0 Å². The van der Waals surface area contributed by atoms with E-state index >= 15 is 0 Å². The van der Waals surface area contributed by atoms with Crippen LogP contribution >= 0.6 is 11.6 Å². The van der Waals surface area contributed by atoms with Crippen LogP contribution in [0.25, 0.3) is 22.4 Å². The lowest BCUT2D eigenvalue weighted by atomic mass is 9.83. The molecule has 10 heteroatoms. The highest BCUT2D eigenvalue weighted by atomic mass is 35.5. The van der Waals surface area contributed by atoms with Gasteiger partial charge in [-0.05, 0) is 43.7 Å². The zero-order valence-electron chi connectivity index (χ0n) is 20.2. The van der Waals surface area contributed by atoms with Gasteiger partial charge in [-0.15, -0.1) is 0 Å². The van der Waals surface area contributed by atoms with Gasteiger partial charge in [-0.1, -0.05) is 48.7 Å². The third-order valence-corrected chi connectivity index (χ3v) is 7.45. The molecule has 3 aromatic rings. The van der Waals surface area contributed by atoms with Gasteiger partial charge in [0.15, 0.2) is 5.65 Å². The summed E-state index contributed by atoms with van der Waals surface area (Å²) in [6.45, 7) is 7.37. The van der Waals surface area contributed by atoms with Gasteiger partial charge in [0.2, 0.25) is 17.6 Å². The maximum absolute atomic E-state index is 9.32. The molecule has 1 saturated heterocycles. The van der Waals surface area contributed by atoms with E-state index in [1.165, 1.54) is 25.7 Å². The van der Waals surface area contributed by atoms with Crippen molar-refractivity contribution in [2.45, 2.75) is 52.1 Å². The Morgan fingerprint density at radius 3 is 2.71 bits per heavy atom. The molecule has 3 heterocycles. The third-order valence-electron chi connectivity index (χ3n) is 7.22. The second-order valence-corrected chi connectivity index (χ2v) is 10.3. The number of nitrogens with two attached hydrogens (primary N) is 1. The predicted molar refractivity (Wildman–Crippen MR) is 137 cm³/mol. The van der Waals surface area contributed by atoms with Crippen LogP contribution in [0.2, 0.25) is 5.02 Å². The van der Waals surface area contributed by atoms with Crippen molar-refractivity contribution in [2.24, 2.45) is 22.7 Å². The lowest BCUT2D eigenvalue weighted by Gasteiger charge is -2.35. The van der Waals surface area contributed by atoms with Crippen molar-refractivity contribution in [1.29, 1.82) is 0 Å². The van der Waals surface area contributed by atoms with Gasteiger partial charge in [0.05, 0.1) is 19.3 Å². The van der Waals surface area contributed by atoms with Crippen molar-refractivity contribution in [3.05, 3.63) is 35.1 Å². The van der Waals surface area contributed by atoms with Crippen molar-refractivity contribution >= 4 is 34.5 Å². The van der Waals surface area contributed by atoms with E-state index in [2.05, 4.69) is 33.5 Å². The second kappa shape index (κ2) is 9.99. The monoisotopic (exact) mass is 497 g/mol. The summed E-state index contributed by atoms with van der Waals surface area (Å²) in [6.07, 6.45) is 4.86. The lowest BCUT2D eigenvalue weighted by molar-refractivity contribution is 0.0976. The summed E-state index contributed by atoms with van der Waals surface area (Å²) in [7, 11) is 0. The van der Waals surface area contributed by atoms with Crippen LogP contribution in [0.3, 0.4) is 0 Å². The number of hydrogen-bond acceptors (Lipinski definition) is 7. The molecule has 0 spiro atoms. The molecule has 0 radical (unpaired) electrons. The molecule has 3 N–H and O–H groups in total. The quantitative estimate of drug-likeness (QED) is 0.234. The van der Waals surface area contributed by atoms with Crippen molar-refractivity contribution in [1.82, 2.24) is 19.5 Å². The summed E-state index contributed by atoms with van der Waals surface area (Å²) in [5.41, 5.74) is 8.79. The van der Waals surface area contributed by atoms with E-state index in [0.717, 1.165) is 36.0 Å². The standard InChI is InChI=1S/C25H32ClN7O2/c1-15-6-8-17(9-7-15)13-33-21-20(18-4-3-5-19(26)12-18)28-24(22(27)31-34)29-23(21)30-25(33)32-10-11-35-14-16(32)2/h3-5,12,15-17,34H,6-11,13-14H2,1-2H3,(H2,27,31)/t15-,16-,17-/m0/s1. The number of ether oxygens (including phenoxy) is 1. The molecule has 1 aliphatic carbocycles. The molecule has 1 saturated carbocycles. The van der Waals surface area contributed by atoms with Gasteiger partial charge in [0.1, 0.15) is 11.2 Å². The molecule has 0 unspecified atom stereocenters. The molecule has 186 valence electrons. The number of rotatable bonds is 5. The first-order valence-corrected chi connectivity index (χ1v) is 12.7. The fraction of sp³-hybridized carbons (Fsp3) is 0.520. The number of anilines is 1. The van der Waals surface area contributed by atoms with E-state index in [1.54, 1.807) is 0 Å². The van der Waals surface area contributed by atoms with Crippen LogP contribution < -0.4 is 10.6 Å². The largest absolute Gasteiger partial charge is 0.409 e. The van der Waals surface area contributed by atoms with Crippen LogP contribution in [0.4, 0.5) is 5.95 Å². The molecule has 1 atom stereocenters. The van der Waals surface area contributed by atoms with E-state index in [1.807, 2.05) is 24.3 Å². The number of benzene rings is 1. The van der Waals surface area contributed by atoms with Gasteiger partial charge in [-0.25, -0.2) is 9.97 Å². The normalized spacial score (nSPS) is 23.7. The Bertz CT molecular complexity index is 1240. The first kappa shape index (κ1) is 23.8. The van der Waals surface area contributed by atoms with Gasteiger partial charge in [-0.2, -0.15) is 4.98 Å². The zero-order valence-corrected chi connectivity index (χ0v) is 20.9. The summed E-state index contributed by atoms with van der Waals surface area (Å²) in [6, 6.07) is 7.73. The van der Waals surface area contributed by atoms with Crippen molar-refractivity contribution < 1.29 is 9.94 Å². The Morgan fingerprint density at radius 2 is 2.00 bits per heavy atom. The smallest absolute Gasteiger partial charge is 0.208 e. The predicted octanol–water partition coefficient (Wildman–Crippen LogP) is 4.29. The lowest BCUT2D eigenvalue weighted by Crippen LogP contribution is -2.45. The number of hydrogen-bond donors (Lipinski definition) is 2. The van der Waals surface area contributed by atoms with E-state index in [-0.39, 0.29) is 17.7 Å². The molecule has 35 heavy (non-hydrogen) atoms. The Balaban J connectivity index is 1.73. The molecule has 1 aromatic carbocycles. The van der Waals surface area contributed by atoms with Crippen LogP contribution in [0, 0.1) is 11.8 Å². The minimum Gasteiger partial charge on any atom is -0.409 e. The third kappa shape index (κ3) is 4.79. The molecule has 2 fully saturated rings. The van der Waals surface area contributed by atoms with Crippen molar-refractivity contribution in [3.8, 4) is 11.3 Å². The average molecular weight is 498 g/mol. The maximum Gasteiger partial charge on any atom is 0.208 e. The highest BCUT2D eigenvalue weighted by Crippen LogP contribution is 2.36. The highest BCUT2D eigenvalue weighted by Gasteiger charge is 2.30. The SMILES string of the molecule is C[C@H]1COCCN1c1nc2nc(/C(N)=N/O)nc(-c3cccc(Cl)c3)c2n1C[C@H]1CC[C@H](C)CC1. The second-order valence-electron chi connectivity index (χ2n) is 9.83. The number of oxime groups is 1. The summed E-state index contributed by atoms with van der Waals surface area (Å²) in [5.74, 6) is 2.16. The fourth-order valence-electron chi connectivity index (χ4n) is 5.21. The first-order valence-electron chi connectivity index (χ1n) is 12.3. The Hall–Kier alpha value is -2.91. The fourth-order valence-corrected chi connectivity index (χ4v) is 5.40. The van der Waals surface area contributed by atoms with Crippen LogP contribution in [-0.4, -0.2) is 56.4 Å². The van der Waals surface area contributed by atoms with Crippen molar-refractivity contribution in [2.75, 3.05) is 24.7 Å². The van der Waals surface area contributed by atoms with Gasteiger partial charge in [0.25, 0.3) is 0 Å². The zero-order chi connectivity index (χ0) is 24.5. The average Bonchev–Trinajstić information content (AvgIpc) is 3.22. The number of amidine groups is 1. The molecule has 5 rings (SSSR count). The van der Waals surface area contributed by atoms with Crippen LogP contribution in [0.1, 0.15) is 45.4 Å². The molecule has 0 amide bonds. The summed E-state index contributed by atoms with van der Waals surface area (Å²) in [4.78, 5) is 16.7. The van der Waals surface area contributed by atoms with E-state index in [0.29, 0.717) is 35.5 Å². The van der Waals surface area contributed by atoms with Gasteiger partial charge < -0.3 is 25.1 Å². The minimum absolute atomic E-state index is 0.132. The van der Waals surface area contributed by atoms with Crippen LogP contribution in [0.5, 0.6) is 0 Å². The molecule has 0 bridgehead atoms. The number of morpholine rings is 1. The summed E-state index contributed by atoms with van der Waals surface area (Å²) >= 11 is 6.35. The van der Waals surface area contributed by atoms with E-state index in [9.17, 15) is 5.21 Å². The van der Waals surface area contributed by atoms with Gasteiger partial charge >= 0.3 is 0 Å². The van der Waals surface area contributed by atoms with E-state index < -0.39 is 0 Å². The maximum atomic E-state index is 9.32. The molecule has 2 aromatic heterocycles. The first-order chi connectivity index (χ1) is 16.9. The van der Waals surface area contributed by atoms with Crippen LogP contribution in [-0.2, 0) is 11.3 Å². The van der Waals surface area contributed by atoms with Crippen LogP contribution in [0.15, 0.2) is 29.4 Å². The molecule has 1 aliphatic heterocycles.